The van der Waals surface area contributed by atoms with Crippen molar-refractivity contribution in [2.75, 3.05) is 34.5 Å². The first kappa shape index (κ1) is 36.2. The number of aromatic hydroxyl groups is 3. The average molecular weight is 675 g/mol. The van der Waals surface area contributed by atoms with Crippen LogP contribution in [-0.4, -0.2) is 148 Å². The Morgan fingerprint density at radius 1 is 0.723 bits per heavy atom. The quantitative estimate of drug-likeness (QED) is 0.0856. The Bertz CT molecular complexity index is 1320. The molecule has 2 heterocycles. The SMILES string of the molecule is COc1cc(COC2OC(COC3OC(CO)C(O)C(O)C3O)C(O)C(OC(=O)c3cc(O)c(O)c(O)c3)C2O)cc(OC)c1OC. The van der Waals surface area contributed by atoms with E-state index >= 15 is 0 Å². The maximum atomic E-state index is 13.0. The van der Waals surface area contributed by atoms with Gasteiger partial charge in [-0.1, -0.05) is 0 Å². The van der Waals surface area contributed by atoms with Crippen LogP contribution in [0.4, 0.5) is 0 Å². The van der Waals surface area contributed by atoms with Crippen LogP contribution >= 0.6 is 0 Å². The fourth-order valence-corrected chi connectivity index (χ4v) is 5.02. The van der Waals surface area contributed by atoms with E-state index in [4.69, 9.17) is 37.9 Å². The van der Waals surface area contributed by atoms with Crippen molar-refractivity contribution in [3.05, 3.63) is 35.4 Å². The lowest BCUT2D eigenvalue weighted by atomic mass is 9.98. The molecule has 2 fully saturated rings. The minimum absolute atomic E-state index is 0.255. The Hall–Kier alpha value is -3.69. The van der Waals surface area contributed by atoms with Crippen LogP contribution in [0.3, 0.4) is 0 Å². The van der Waals surface area contributed by atoms with Crippen molar-refractivity contribution >= 4 is 5.97 Å². The lowest BCUT2D eigenvalue weighted by molar-refractivity contribution is -0.332. The molecule has 2 aliphatic heterocycles. The predicted molar refractivity (Wildman–Crippen MR) is 152 cm³/mol. The number of phenolic OH excluding ortho intramolecular Hbond substituents is 3. The van der Waals surface area contributed by atoms with Crippen LogP contribution in [0.1, 0.15) is 15.9 Å². The van der Waals surface area contributed by atoms with Crippen molar-refractivity contribution in [2.45, 2.75) is 68.0 Å². The van der Waals surface area contributed by atoms with E-state index < -0.39 is 103 Å². The molecule has 262 valence electrons. The lowest BCUT2D eigenvalue weighted by Gasteiger charge is -2.43. The highest BCUT2D eigenvalue weighted by molar-refractivity contribution is 5.91. The van der Waals surface area contributed by atoms with Gasteiger partial charge in [-0.2, -0.15) is 0 Å². The molecule has 2 aliphatic rings. The molecule has 4 rings (SSSR count). The molecule has 2 aromatic carbocycles. The molecule has 18 nitrogen and oxygen atoms in total. The number of ether oxygens (including phenoxy) is 8. The molecule has 0 bridgehead atoms. The minimum Gasteiger partial charge on any atom is -0.504 e. The largest absolute Gasteiger partial charge is 0.504 e. The number of hydrogen-bond acceptors (Lipinski definition) is 18. The van der Waals surface area contributed by atoms with Gasteiger partial charge in [0.25, 0.3) is 0 Å². The number of aliphatic hydroxyl groups excluding tert-OH is 6. The number of carbonyl (C=O) groups is 1. The van der Waals surface area contributed by atoms with Gasteiger partial charge < -0.3 is 83.9 Å². The third kappa shape index (κ3) is 7.73. The molecule has 10 unspecified atom stereocenters. The van der Waals surface area contributed by atoms with Crippen LogP contribution in [0.15, 0.2) is 24.3 Å². The van der Waals surface area contributed by atoms with Gasteiger partial charge in [-0.05, 0) is 29.8 Å². The summed E-state index contributed by atoms with van der Waals surface area (Å²) < 4.78 is 43.7. The van der Waals surface area contributed by atoms with E-state index in [-0.39, 0.29) is 6.61 Å². The third-order valence-corrected chi connectivity index (χ3v) is 7.60. The topological polar surface area (TPSA) is 273 Å². The molecule has 18 heteroatoms. The second-order valence-corrected chi connectivity index (χ2v) is 10.6. The predicted octanol–water partition coefficient (Wildman–Crippen LogP) is -2.17. The standard InChI is InChI=1S/C29H38O18/c1-40-15-4-11(5-16(41-2)25(15)42-3)9-43-29-24(38)26(47-27(39)12-6-13(31)19(33)14(32)7-12)21(35)18(46-29)10-44-28-23(37)22(36)20(34)17(8-30)45-28/h4-7,17-18,20-24,26,28-38H,8-10H2,1-3H3. The minimum atomic E-state index is -1.85. The van der Waals surface area contributed by atoms with Gasteiger partial charge in [0.05, 0.1) is 46.7 Å². The van der Waals surface area contributed by atoms with Gasteiger partial charge in [-0.15, -0.1) is 0 Å². The summed E-state index contributed by atoms with van der Waals surface area (Å²) in [6.45, 7) is -1.61. The van der Waals surface area contributed by atoms with Crippen LogP contribution in [0, 0.1) is 0 Å². The molecule has 0 spiro atoms. The Morgan fingerprint density at radius 2 is 1.30 bits per heavy atom. The molecule has 0 amide bonds. The van der Waals surface area contributed by atoms with E-state index in [1.165, 1.54) is 21.3 Å². The highest BCUT2D eigenvalue weighted by atomic mass is 16.7. The summed E-state index contributed by atoms with van der Waals surface area (Å²) in [7, 11) is 4.23. The summed E-state index contributed by atoms with van der Waals surface area (Å²) in [6.07, 6.45) is -16.6. The summed E-state index contributed by atoms with van der Waals surface area (Å²) in [5.41, 5.74) is 0.00632. The summed E-state index contributed by atoms with van der Waals surface area (Å²) in [4.78, 5) is 13.0. The maximum Gasteiger partial charge on any atom is 0.338 e. The summed E-state index contributed by atoms with van der Waals surface area (Å²) in [5.74, 6) is -2.92. The van der Waals surface area contributed by atoms with Crippen LogP contribution < -0.4 is 14.2 Å². The first-order valence-electron chi connectivity index (χ1n) is 14.1. The number of methoxy groups -OCH3 is 3. The Morgan fingerprint density at radius 3 is 1.85 bits per heavy atom. The number of rotatable bonds is 12. The van der Waals surface area contributed by atoms with Crippen molar-refractivity contribution in [3.8, 4) is 34.5 Å². The van der Waals surface area contributed by atoms with E-state index in [9.17, 15) is 50.8 Å². The van der Waals surface area contributed by atoms with E-state index in [1.807, 2.05) is 0 Å². The van der Waals surface area contributed by atoms with Crippen LogP contribution in [0.2, 0.25) is 0 Å². The van der Waals surface area contributed by atoms with Crippen LogP contribution in [0.25, 0.3) is 0 Å². The number of aliphatic hydroxyl groups is 6. The number of esters is 1. The van der Waals surface area contributed by atoms with Gasteiger partial charge >= 0.3 is 5.97 Å². The number of hydrogen-bond donors (Lipinski definition) is 9. The molecule has 9 N–H and O–H groups in total. The second-order valence-electron chi connectivity index (χ2n) is 10.6. The van der Waals surface area contributed by atoms with Gasteiger partial charge in [0, 0.05) is 0 Å². The average Bonchev–Trinajstić information content (AvgIpc) is 3.06. The molecule has 10 atom stereocenters. The van der Waals surface area contributed by atoms with Gasteiger partial charge in [-0.3, -0.25) is 0 Å². The highest BCUT2D eigenvalue weighted by Crippen LogP contribution is 2.39. The van der Waals surface area contributed by atoms with Crippen molar-refractivity contribution in [3.63, 3.8) is 0 Å². The molecular formula is C29H38O18. The molecule has 0 aromatic heterocycles. The monoisotopic (exact) mass is 674 g/mol. The van der Waals surface area contributed by atoms with E-state index in [0.717, 1.165) is 12.1 Å². The van der Waals surface area contributed by atoms with Crippen molar-refractivity contribution in [2.24, 2.45) is 0 Å². The normalized spacial score (nSPS) is 30.8. The number of carbonyl (C=O) groups excluding carboxylic acids is 1. The molecule has 2 aromatic rings. The Labute approximate surface area is 267 Å². The van der Waals surface area contributed by atoms with Crippen LogP contribution in [-0.2, 0) is 30.3 Å². The van der Waals surface area contributed by atoms with Gasteiger partial charge in [0.15, 0.2) is 47.4 Å². The van der Waals surface area contributed by atoms with Crippen LogP contribution in [0.5, 0.6) is 34.5 Å². The van der Waals surface area contributed by atoms with E-state index in [0.29, 0.717) is 22.8 Å². The number of phenols is 3. The molecule has 0 saturated carbocycles. The van der Waals surface area contributed by atoms with Gasteiger partial charge in [0.1, 0.15) is 42.7 Å². The summed E-state index contributed by atoms with van der Waals surface area (Å²) in [5, 5.41) is 91.4. The first-order valence-corrected chi connectivity index (χ1v) is 14.1. The van der Waals surface area contributed by atoms with Gasteiger partial charge in [-0.25, -0.2) is 4.79 Å². The lowest BCUT2D eigenvalue weighted by Crippen LogP contribution is -2.62. The van der Waals surface area contributed by atoms with E-state index in [2.05, 4.69) is 0 Å². The zero-order valence-corrected chi connectivity index (χ0v) is 25.4. The smallest absolute Gasteiger partial charge is 0.338 e. The molecule has 0 radical (unpaired) electrons. The Kier molecular flexibility index (Phi) is 11.9. The fraction of sp³-hybridized carbons (Fsp3) is 0.552. The first-order chi connectivity index (χ1) is 22.3. The highest BCUT2D eigenvalue weighted by Gasteiger charge is 2.49. The van der Waals surface area contributed by atoms with Crippen molar-refractivity contribution < 1.29 is 88.6 Å². The summed E-state index contributed by atoms with van der Waals surface area (Å²) in [6, 6.07) is 4.69. The van der Waals surface area contributed by atoms with Crippen molar-refractivity contribution in [1.82, 2.24) is 0 Å². The molecule has 47 heavy (non-hydrogen) atoms. The Balaban J connectivity index is 1.57. The summed E-state index contributed by atoms with van der Waals surface area (Å²) >= 11 is 0. The molecular weight excluding hydrogens is 636 g/mol. The zero-order valence-electron chi connectivity index (χ0n) is 25.4. The molecule has 0 aliphatic carbocycles. The maximum absolute atomic E-state index is 13.0. The number of benzene rings is 2. The molecule has 2 saturated heterocycles. The third-order valence-electron chi connectivity index (χ3n) is 7.60. The second kappa shape index (κ2) is 15.5. The van der Waals surface area contributed by atoms with Crippen molar-refractivity contribution in [1.29, 1.82) is 0 Å². The fourth-order valence-electron chi connectivity index (χ4n) is 5.02. The van der Waals surface area contributed by atoms with Gasteiger partial charge in [0.2, 0.25) is 5.75 Å². The zero-order chi connectivity index (χ0) is 34.6. The van der Waals surface area contributed by atoms with E-state index in [1.54, 1.807) is 12.1 Å².